The van der Waals surface area contributed by atoms with E-state index in [0.717, 1.165) is 31.7 Å². The summed E-state index contributed by atoms with van der Waals surface area (Å²) in [6.45, 7) is 6.29. The fraction of sp³-hybridized carbons (Fsp3) is 0.600. The highest BCUT2D eigenvalue weighted by atomic mass is 19.1. The average molecular weight is 268 g/mol. The second kappa shape index (κ2) is 7.46. The summed E-state index contributed by atoms with van der Waals surface area (Å²) in [4.78, 5) is 4.25. The van der Waals surface area contributed by atoms with Gasteiger partial charge in [-0.15, -0.1) is 0 Å². The molecule has 0 heterocycles. The molecule has 3 nitrogen and oxygen atoms in total. The van der Waals surface area contributed by atoms with Gasteiger partial charge < -0.3 is 14.9 Å². The lowest BCUT2D eigenvalue weighted by molar-refractivity contribution is 0.194. The van der Waals surface area contributed by atoms with E-state index >= 15 is 0 Å². The van der Waals surface area contributed by atoms with E-state index in [2.05, 4.69) is 16.7 Å². The fourth-order valence-corrected chi connectivity index (χ4v) is 2.16. The molecule has 0 saturated carbocycles. The maximum atomic E-state index is 13.9. The number of likely N-dealkylation sites (N-methyl/N-ethyl adjacent to an activating group) is 1. The molecule has 0 saturated heterocycles. The van der Waals surface area contributed by atoms with E-state index in [0.29, 0.717) is 5.56 Å². The topological polar surface area (TPSA) is 26.7 Å². The molecule has 0 aromatic heterocycles. The predicted molar refractivity (Wildman–Crippen MR) is 78.1 cm³/mol. The largest absolute Gasteiger partial charge is 0.389 e. The van der Waals surface area contributed by atoms with Gasteiger partial charge in [0.2, 0.25) is 0 Å². The van der Waals surface area contributed by atoms with Crippen molar-refractivity contribution in [1.82, 2.24) is 4.90 Å². The minimum atomic E-state index is -0.796. The molecule has 1 aromatic carbocycles. The predicted octanol–water partition coefficient (Wildman–Crippen LogP) is 2.66. The van der Waals surface area contributed by atoms with Crippen LogP contribution in [0, 0.1) is 5.82 Å². The molecule has 1 N–H and O–H groups in total. The van der Waals surface area contributed by atoms with Crippen molar-refractivity contribution in [2.75, 3.05) is 38.6 Å². The SMILES string of the molecule is CCCN(CCN(C)C)c1cccc(F)c1C(C)O. The Morgan fingerprint density at radius 3 is 2.42 bits per heavy atom. The van der Waals surface area contributed by atoms with Gasteiger partial charge in [-0.2, -0.15) is 0 Å². The lowest BCUT2D eigenvalue weighted by Crippen LogP contribution is -2.33. The number of anilines is 1. The highest BCUT2D eigenvalue weighted by Gasteiger charge is 2.17. The van der Waals surface area contributed by atoms with Crippen molar-refractivity contribution in [3.8, 4) is 0 Å². The minimum absolute atomic E-state index is 0.335. The van der Waals surface area contributed by atoms with Crippen LogP contribution in [0.2, 0.25) is 0 Å². The van der Waals surface area contributed by atoms with Crippen LogP contribution in [-0.4, -0.2) is 43.7 Å². The van der Waals surface area contributed by atoms with Gasteiger partial charge in [-0.3, -0.25) is 0 Å². The Balaban J connectivity index is 3.04. The van der Waals surface area contributed by atoms with Crippen LogP contribution in [0.25, 0.3) is 0 Å². The number of rotatable bonds is 7. The van der Waals surface area contributed by atoms with Crippen molar-refractivity contribution in [3.63, 3.8) is 0 Å². The van der Waals surface area contributed by atoms with Crippen LogP contribution in [0.1, 0.15) is 31.9 Å². The van der Waals surface area contributed by atoms with Crippen molar-refractivity contribution < 1.29 is 9.50 Å². The highest BCUT2D eigenvalue weighted by molar-refractivity contribution is 5.55. The maximum absolute atomic E-state index is 13.9. The molecule has 1 unspecified atom stereocenters. The van der Waals surface area contributed by atoms with Gasteiger partial charge in [0.25, 0.3) is 0 Å². The Hall–Kier alpha value is -1.13. The summed E-state index contributed by atoms with van der Waals surface area (Å²) in [7, 11) is 4.04. The molecule has 1 atom stereocenters. The Morgan fingerprint density at radius 2 is 1.89 bits per heavy atom. The molecule has 1 rings (SSSR count). The third kappa shape index (κ3) is 4.48. The molecular formula is C15H25FN2O. The van der Waals surface area contributed by atoms with Crippen LogP contribution >= 0.6 is 0 Å². The van der Waals surface area contributed by atoms with E-state index in [1.54, 1.807) is 13.0 Å². The Bertz CT molecular complexity index is 394. The zero-order valence-corrected chi connectivity index (χ0v) is 12.4. The number of aliphatic hydroxyl groups excluding tert-OH is 1. The summed E-state index contributed by atoms with van der Waals surface area (Å²) >= 11 is 0. The second-order valence-corrected chi connectivity index (χ2v) is 5.14. The number of nitrogens with zero attached hydrogens (tertiary/aromatic N) is 2. The lowest BCUT2D eigenvalue weighted by Gasteiger charge is -2.29. The van der Waals surface area contributed by atoms with Gasteiger partial charge >= 0.3 is 0 Å². The van der Waals surface area contributed by atoms with Crippen LogP contribution in [-0.2, 0) is 0 Å². The van der Waals surface area contributed by atoms with E-state index in [1.165, 1.54) is 6.07 Å². The molecule has 4 heteroatoms. The molecule has 0 aliphatic heterocycles. The summed E-state index contributed by atoms with van der Waals surface area (Å²) in [5.74, 6) is -0.335. The molecular weight excluding hydrogens is 243 g/mol. The van der Waals surface area contributed by atoms with Crippen molar-refractivity contribution >= 4 is 5.69 Å². The van der Waals surface area contributed by atoms with Crippen LogP contribution in [0.15, 0.2) is 18.2 Å². The summed E-state index contributed by atoms with van der Waals surface area (Å²) in [6, 6.07) is 4.99. The summed E-state index contributed by atoms with van der Waals surface area (Å²) < 4.78 is 13.9. The number of halogens is 1. The number of hydrogen-bond donors (Lipinski definition) is 1. The first-order valence-electron chi connectivity index (χ1n) is 6.83. The molecule has 19 heavy (non-hydrogen) atoms. The van der Waals surface area contributed by atoms with E-state index < -0.39 is 6.10 Å². The molecule has 0 fully saturated rings. The Morgan fingerprint density at radius 1 is 1.21 bits per heavy atom. The maximum Gasteiger partial charge on any atom is 0.131 e. The van der Waals surface area contributed by atoms with Crippen molar-refractivity contribution in [3.05, 3.63) is 29.6 Å². The normalized spacial score (nSPS) is 12.8. The summed E-state index contributed by atoms with van der Waals surface area (Å²) in [5, 5.41) is 9.80. The quantitative estimate of drug-likeness (QED) is 0.823. The van der Waals surface area contributed by atoms with E-state index in [-0.39, 0.29) is 5.82 Å². The Kier molecular flexibility index (Phi) is 6.25. The molecule has 108 valence electrons. The first-order valence-corrected chi connectivity index (χ1v) is 6.83. The zero-order valence-electron chi connectivity index (χ0n) is 12.4. The van der Waals surface area contributed by atoms with Gasteiger partial charge in [0.05, 0.1) is 6.10 Å². The number of hydrogen-bond acceptors (Lipinski definition) is 3. The summed E-state index contributed by atoms with van der Waals surface area (Å²) in [6.07, 6.45) is 0.193. The zero-order chi connectivity index (χ0) is 14.4. The lowest BCUT2D eigenvalue weighted by atomic mass is 10.1. The van der Waals surface area contributed by atoms with Crippen LogP contribution < -0.4 is 4.90 Å². The third-order valence-corrected chi connectivity index (χ3v) is 3.10. The minimum Gasteiger partial charge on any atom is -0.389 e. The monoisotopic (exact) mass is 268 g/mol. The molecule has 0 spiro atoms. The standard InChI is InChI=1S/C15H25FN2O/c1-5-9-18(11-10-17(3)4)14-8-6-7-13(16)15(14)12(2)19/h6-8,12,19H,5,9-11H2,1-4H3. The van der Waals surface area contributed by atoms with E-state index in [1.807, 2.05) is 20.2 Å². The molecule has 0 amide bonds. The Labute approximate surface area is 115 Å². The van der Waals surface area contributed by atoms with Crippen LogP contribution in [0.3, 0.4) is 0 Å². The third-order valence-electron chi connectivity index (χ3n) is 3.10. The van der Waals surface area contributed by atoms with Crippen LogP contribution in [0.5, 0.6) is 0 Å². The van der Waals surface area contributed by atoms with Gasteiger partial charge in [-0.05, 0) is 39.6 Å². The second-order valence-electron chi connectivity index (χ2n) is 5.14. The molecule has 0 aliphatic carbocycles. The van der Waals surface area contributed by atoms with Crippen LogP contribution in [0.4, 0.5) is 10.1 Å². The first-order chi connectivity index (χ1) is 8.97. The molecule has 0 aliphatic rings. The smallest absolute Gasteiger partial charge is 0.131 e. The molecule has 0 bridgehead atoms. The fourth-order valence-electron chi connectivity index (χ4n) is 2.16. The first kappa shape index (κ1) is 15.9. The molecule has 1 aromatic rings. The van der Waals surface area contributed by atoms with Crippen molar-refractivity contribution in [1.29, 1.82) is 0 Å². The average Bonchev–Trinajstić information content (AvgIpc) is 2.33. The van der Waals surface area contributed by atoms with Crippen molar-refractivity contribution in [2.24, 2.45) is 0 Å². The van der Waals surface area contributed by atoms with Gasteiger partial charge in [-0.1, -0.05) is 13.0 Å². The van der Waals surface area contributed by atoms with Gasteiger partial charge in [-0.25, -0.2) is 4.39 Å². The number of aliphatic hydroxyl groups is 1. The van der Waals surface area contributed by atoms with Gasteiger partial charge in [0, 0.05) is 30.9 Å². The van der Waals surface area contributed by atoms with Crippen molar-refractivity contribution in [2.45, 2.75) is 26.4 Å². The number of benzene rings is 1. The van der Waals surface area contributed by atoms with Gasteiger partial charge in [0.15, 0.2) is 0 Å². The highest BCUT2D eigenvalue weighted by Crippen LogP contribution is 2.29. The van der Waals surface area contributed by atoms with E-state index in [9.17, 15) is 9.50 Å². The summed E-state index contributed by atoms with van der Waals surface area (Å²) in [5.41, 5.74) is 1.20. The van der Waals surface area contributed by atoms with E-state index in [4.69, 9.17) is 0 Å². The van der Waals surface area contributed by atoms with Gasteiger partial charge in [0.1, 0.15) is 5.82 Å². The molecule has 0 radical (unpaired) electrons.